The lowest BCUT2D eigenvalue weighted by Crippen LogP contribution is -2.28. The Morgan fingerprint density at radius 3 is 2.25 bits per heavy atom. The number of rotatable bonds is 5. The normalized spacial score (nSPS) is 13.1. The third kappa shape index (κ3) is 3.92. The van der Waals surface area contributed by atoms with Gasteiger partial charge in [0.15, 0.2) is 0 Å². The molecule has 0 fully saturated rings. The Balaban J connectivity index is 2.11. The molecule has 106 valence electrons. The van der Waals surface area contributed by atoms with Gasteiger partial charge in [0, 0.05) is 6.04 Å². The second-order valence-corrected chi connectivity index (χ2v) is 6.69. The third-order valence-electron chi connectivity index (χ3n) is 3.21. The van der Waals surface area contributed by atoms with Crippen molar-refractivity contribution in [2.45, 2.75) is 25.6 Å². The molecule has 2 aromatic carbocycles. The van der Waals surface area contributed by atoms with Crippen molar-refractivity contribution in [2.75, 3.05) is 0 Å². The van der Waals surface area contributed by atoms with Gasteiger partial charge in [0.05, 0.1) is 5.75 Å². The summed E-state index contributed by atoms with van der Waals surface area (Å²) in [4.78, 5) is 0. The molecule has 1 atom stereocenters. The van der Waals surface area contributed by atoms with Crippen molar-refractivity contribution in [1.29, 1.82) is 0 Å². The maximum Gasteiger partial charge on any atom is 0.216 e. The van der Waals surface area contributed by atoms with E-state index in [1.165, 1.54) is 0 Å². The predicted octanol–water partition coefficient (Wildman–Crippen LogP) is 3.18. The maximum atomic E-state index is 12.2. The molecule has 0 saturated heterocycles. The number of hydrogen-bond acceptors (Lipinski definition) is 2. The van der Waals surface area contributed by atoms with E-state index in [-0.39, 0.29) is 11.8 Å². The summed E-state index contributed by atoms with van der Waals surface area (Å²) in [5.74, 6) is 0.00403. The summed E-state index contributed by atoms with van der Waals surface area (Å²) in [5.41, 5.74) is 2.88. The monoisotopic (exact) mass is 289 g/mol. The Hall–Kier alpha value is -1.65. The molecular weight excluding hydrogens is 270 g/mol. The highest BCUT2D eigenvalue weighted by molar-refractivity contribution is 7.88. The molecule has 2 aromatic rings. The van der Waals surface area contributed by atoms with Crippen LogP contribution in [0.3, 0.4) is 0 Å². The van der Waals surface area contributed by atoms with E-state index >= 15 is 0 Å². The minimum atomic E-state index is -3.35. The van der Waals surface area contributed by atoms with E-state index < -0.39 is 10.0 Å². The topological polar surface area (TPSA) is 46.2 Å². The highest BCUT2D eigenvalue weighted by atomic mass is 32.2. The molecule has 1 N–H and O–H groups in total. The van der Waals surface area contributed by atoms with Crippen LogP contribution in [0.5, 0.6) is 0 Å². The minimum absolute atomic E-state index is 0.00403. The second-order valence-electron chi connectivity index (χ2n) is 4.94. The van der Waals surface area contributed by atoms with Crippen LogP contribution in [-0.4, -0.2) is 8.42 Å². The van der Waals surface area contributed by atoms with Gasteiger partial charge in [0.2, 0.25) is 10.0 Å². The summed E-state index contributed by atoms with van der Waals surface area (Å²) >= 11 is 0. The molecule has 0 aliphatic rings. The Morgan fingerprint density at radius 2 is 1.60 bits per heavy atom. The summed E-state index contributed by atoms with van der Waals surface area (Å²) < 4.78 is 27.1. The highest BCUT2D eigenvalue weighted by Crippen LogP contribution is 2.18. The van der Waals surface area contributed by atoms with E-state index in [9.17, 15) is 8.42 Å². The Bertz CT molecular complexity index is 666. The Labute approximate surface area is 120 Å². The van der Waals surface area contributed by atoms with Gasteiger partial charge in [0.1, 0.15) is 0 Å². The first-order valence-electron chi connectivity index (χ1n) is 6.57. The summed E-state index contributed by atoms with van der Waals surface area (Å²) in [6.07, 6.45) is 0. The molecule has 1 unspecified atom stereocenters. The van der Waals surface area contributed by atoms with E-state index in [0.29, 0.717) is 0 Å². The van der Waals surface area contributed by atoms with Crippen LogP contribution in [0.4, 0.5) is 0 Å². The van der Waals surface area contributed by atoms with Gasteiger partial charge in [-0.2, -0.15) is 0 Å². The number of aryl methyl sites for hydroxylation is 1. The first kappa shape index (κ1) is 14.8. The molecule has 0 saturated carbocycles. The molecule has 0 bridgehead atoms. The molecule has 2 rings (SSSR count). The van der Waals surface area contributed by atoms with Gasteiger partial charge in [-0.25, -0.2) is 13.1 Å². The molecule has 0 heterocycles. The molecule has 0 aliphatic heterocycles. The largest absolute Gasteiger partial charge is 0.216 e. The maximum absolute atomic E-state index is 12.2. The Kier molecular flexibility index (Phi) is 4.57. The average molecular weight is 289 g/mol. The van der Waals surface area contributed by atoms with Crippen LogP contribution in [0.1, 0.15) is 29.7 Å². The van der Waals surface area contributed by atoms with Crippen LogP contribution in [0.25, 0.3) is 0 Å². The van der Waals surface area contributed by atoms with Crippen molar-refractivity contribution in [1.82, 2.24) is 4.72 Å². The van der Waals surface area contributed by atoms with Crippen molar-refractivity contribution < 1.29 is 8.42 Å². The molecule has 0 amide bonds. The molecule has 4 heteroatoms. The SMILES string of the molecule is Cc1ccccc1C(C)NS(=O)(=O)Cc1ccccc1. The van der Waals surface area contributed by atoms with Crippen LogP contribution in [-0.2, 0) is 15.8 Å². The smallest absolute Gasteiger partial charge is 0.212 e. The molecule has 0 radical (unpaired) electrons. The van der Waals surface area contributed by atoms with E-state index in [1.54, 1.807) is 0 Å². The van der Waals surface area contributed by atoms with Crippen molar-refractivity contribution in [3.8, 4) is 0 Å². The number of hydrogen-bond donors (Lipinski definition) is 1. The first-order chi connectivity index (χ1) is 9.48. The quantitative estimate of drug-likeness (QED) is 0.919. The lowest BCUT2D eigenvalue weighted by atomic mass is 10.0. The molecule has 3 nitrogen and oxygen atoms in total. The van der Waals surface area contributed by atoms with Crippen LogP contribution in [0.2, 0.25) is 0 Å². The summed E-state index contributed by atoms with van der Waals surface area (Å²) in [7, 11) is -3.35. The van der Waals surface area contributed by atoms with E-state index in [2.05, 4.69) is 4.72 Å². The fourth-order valence-corrected chi connectivity index (χ4v) is 3.62. The summed E-state index contributed by atoms with van der Waals surface area (Å²) in [6, 6.07) is 16.8. The van der Waals surface area contributed by atoms with Crippen LogP contribution < -0.4 is 4.72 Å². The lowest BCUT2D eigenvalue weighted by Gasteiger charge is -2.16. The van der Waals surface area contributed by atoms with Crippen LogP contribution in [0, 0.1) is 6.92 Å². The zero-order chi connectivity index (χ0) is 14.6. The second kappa shape index (κ2) is 6.20. The standard InChI is InChI=1S/C16H19NO2S/c1-13-8-6-7-11-16(13)14(2)17-20(18,19)12-15-9-4-3-5-10-15/h3-11,14,17H,12H2,1-2H3. The molecule has 20 heavy (non-hydrogen) atoms. The van der Waals surface area contributed by atoms with Gasteiger partial charge in [-0.3, -0.25) is 0 Å². The number of sulfonamides is 1. The summed E-state index contributed by atoms with van der Waals surface area (Å²) in [5, 5.41) is 0. The molecule has 0 aromatic heterocycles. The zero-order valence-electron chi connectivity index (χ0n) is 11.7. The van der Waals surface area contributed by atoms with E-state index in [1.807, 2.05) is 68.4 Å². The molecular formula is C16H19NO2S. The van der Waals surface area contributed by atoms with Gasteiger partial charge in [0.25, 0.3) is 0 Å². The number of nitrogens with one attached hydrogen (secondary N) is 1. The average Bonchev–Trinajstić information content (AvgIpc) is 2.39. The van der Waals surface area contributed by atoms with Crippen LogP contribution in [0.15, 0.2) is 54.6 Å². The van der Waals surface area contributed by atoms with E-state index in [4.69, 9.17) is 0 Å². The van der Waals surface area contributed by atoms with Gasteiger partial charge in [-0.1, -0.05) is 54.6 Å². The number of benzene rings is 2. The lowest BCUT2D eigenvalue weighted by molar-refractivity contribution is 0.565. The predicted molar refractivity (Wildman–Crippen MR) is 81.8 cm³/mol. The highest BCUT2D eigenvalue weighted by Gasteiger charge is 2.17. The fourth-order valence-electron chi connectivity index (χ4n) is 2.24. The van der Waals surface area contributed by atoms with Crippen molar-refractivity contribution >= 4 is 10.0 Å². The van der Waals surface area contributed by atoms with Crippen molar-refractivity contribution in [2.24, 2.45) is 0 Å². The zero-order valence-corrected chi connectivity index (χ0v) is 12.5. The fraction of sp³-hybridized carbons (Fsp3) is 0.250. The van der Waals surface area contributed by atoms with Crippen LogP contribution >= 0.6 is 0 Å². The van der Waals surface area contributed by atoms with Gasteiger partial charge in [-0.15, -0.1) is 0 Å². The van der Waals surface area contributed by atoms with Crippen molar-refractivity contribution in [3.05, 3.63) is 71.3 Å². The van der Waals surface area contributed by atoms with Gasteiger partial charge >= 0.3 is 0 Å². The van der Waals surface area contributed by atoms with Gasteiger partial charge in [-0.05, 0) is 30.5 Å². The molecule has 0 aliphatic carbocycles. The summed E-state index contributed by atoms with van der Waals surface area (Å²) in [6.45, 7) is 3.85. The van der Waals surface area contributed by atoms with E-state index in [0.717, 1.165) is 16.7 Å². The Morgan fingerprint density at radius 1 is 1.00 bits per heavy atom. The van der Waals surface area contributed by atoms with Gasteiger partial charge < -0.3 is 0 Å². The first-order valence-corrected chi connectivity index (χ1v) is 8.22. The van der Waals surface area contributed by atoms with Crippen molar-refractivity contribution in [3.63, 3.8) is 0 Å². The third-order valence-corrected chi connectivity index (χ3v) is 4.64. The molecule has 0 spiro atoms. The minimum Gasteiger partial charge on any atom is -0.212 e.